The SMILES string of the molecule is C=C=O.C=C=O.CCCCCC(=O)CC(=O)O. The van der Waals surface area contributed by atoms with Gasteiger partial charge in [-0.1, -0.05) is 19.8 Å². The molecule has 0 radical (unpaired) electrons. The number of Topliss-reactive ketones (excluding diaryl/α,β-unsaturated/α-hetero) is 1. The first-order valence-corrected chi connectivity index (χ1v) is 5.01. The molecule has 0 fully saturated rings. The lowest BCUT2D eigenvalue weighted by atomic mass is 10.1. The van der Waals surface area contributed by atoms with Gasteiger partial charge in [0.1, 0.15) is 24.1 Å². The van der Waals surface area contributed by atoms with Gasteiger partial charge in [0.25, 0.3) is 0 Å². The zero-order valence-corrected chi connectivity index (χ0v) is 10.0. The van der Waals surface area contributed by atoms with Crippen LogP contribution in [0, 0.1) is 0 Å². The minimum atomic E-state index is -1.02. The maximum absolute atomic E-state index is 10.7. The van der Waals surface area contributed by atoms with Gasteiger partial charge in [0.05, 0.1) is 0 Å². The Hall–Kier alpha value is -1.96. The fourth-order valence-corrected chi connectivity index (χ4v) is 0.829. The van der Waals surface area contributed by atoms with E-state index in [-0.39, 0.29) is 12.2 Å². The van der Waals surface area contributed by atoms with E-state index in [0.29, 0.717) is 6.42 Å². The van der Waals surface area contributed by atoms with Gasteiger partial charge in [-0.25, -0.2) is 9.59 Å². The van der Waals surface area contributed by atoms with Crippen LogP contribution >= 0.6 is 0 Å². The van der Waals surface area contributed by atoms with Crippen LogP contribution in [-0.2, 0) is 19.2 Å². The van der Waals surface area contributed by atoms with Crippen molar-refractivity contribution >= 4 is 23.6 Å². The summed E-state index contributed by atoms with van der Waals surface area (Å²) in [6.07, 6.45) is 2.98. The Morgan fingerprint density at radius 1 is 1.12 bits per heavy atom. The molecule has 0 saturated heterocycles. The van der Waals surface area contributed by atoms with E-state index < -0.39 is 5.97 Å². The molecule has 0 bridgehead atoms. The van der Waals surface area contributed by atoms with Crippen molar-refractivity contribution in [2.45, 2.75) is 39.0 Å². The maximum Gasteiger partial charge on any atom is 0.310 e. The summed E-state index contributed by atoms with van der Waals surface area (Å²) >= 11 is 0. The Labute approximate surface area is 101 Å². The molecular formula is C12H18O5. The molecule has 96 valence electrons. The van der Waals surface area contributed by atoms with Gasteiger partial charge in [-0.15, -0.1) is 0 Å². The average Bonchev–Trinajstić information content (AvgIpc) is 2.19. The van der Waals surface area contributed by atoms with Crippen LogP contribution in [0.25, 0.3) is 0 Å². The predicted octanol–water partition coefficient (Wildman–Crippen LogP) is 1.62. The second-order valence-electron chi connectivity index (χ2n) is 2.85. The topological polar surface area (TPSA) is 88.5 Å². The molecule has 0 spiro atoms. The lowest BCUT2D eigenvalue weighted by Gasteiger charge is -1.95. The quantitative estimate of drug-likeness (QED) is 0.434. The zero-order valence-electron chi connectivity index (χ0n) is 10.0. The van der Waals surface area contributed by atoms with Crippen LogP contribution in [0.5, 0.6) is 0 Å². The van der Waals surface area contributed by atoms with Crippen molar-refractivity contribution < 1.29 is 24.3 Å². The Balaban J connectivity index is -0.000000273. The highest BCUT2D eigenvalue weighted by Gasteiger charge is 2.05. The molecule has 0 amide bonds. The summed E-state index contributed by atoms with van der Waals surface area (Å²) in [6, 6.07) is 0. The van der Waals surface area contributed by atoms with E-state index in [0.717, 1.165) is 19.3 Å². The normalized spacial score (nSPS) is 7.12. The van der Waals surface area contributed by atoms with Crippen LogP contribution in [0.15, 0.2) is 13.2 Å². The summed E-state index contributed by atoms with van der Waals surface area (Å²) in [5.74, 6) is 1.32. The van der Waals surface area contributed by atoms with E-state index in [1.807, 2.05) is 6.92 Å². The highest BCUT2D eigenvalue weighted by molar-refractivity contribution is 5.94. The molecule has 0 rings (SSSR count). The Kier molecular flexibility index (Phi) is 23.6. The van der Waals surface area contributed by atoms with Crippen LogP contribution in [0.4, 0.5) is 0 Å². The largest absolute Gasteiger partial charge is 0.481 e. The second kappa shape index (κ2) is 19.6. The number of rotatable bonds is 6. The number of hydrogen-bond donors (Lipinski definition) is 1. The molecule has 0 unspecified atom stereocenters. The van der Waals surface area contributed by atoms with Crippen molar-refractivity contribution in [3.63, 3.8) is 0 Å². The van der Waals surface area contributed by atoms with Crippen molar-refractivity contribution in [1.82, 2.24) is 0 Å². The number of unbranched alkanes of at least 4 members (excludes halogenated alkanes) is 2. The third kappa shape index (κ3) is 41.1. The molecule has 0 saturated carbocycles. The third-order valence-electron chi connectivity index (χ3n) is 1.41. The van der Waals surface area contributed by atoms with Crippen LogP contribution in [0.3, 0.4) is 0 Å². The van der Waals surface area contributed by atoms with Crippen molar-refractivity contribution in [3.05, 3.63) is 13.2 Å². The number of ketones is 1. The number of hydrogen-bond acceptors (Lipinski definition) is 4. The average molecular weight is 242 g/mol. The summed E-state index contributed by atoms with van der Waals surface area (Å²) in [5, 5.41) is 8.22. The molecule has 0 aliphatic heterocycles. The predicted molar refractivity (Wildman–Crippen MR) is 64.0 cm³/mol. The Morgan fingerprint density at radius 3 is 1.82 bits per heavy atom. The van der Waals surface area contributed by atoms with Gasteiger partial charge in [0.2, 0.25) is 0 Å². The summed E-state index contributed by atoms with van der Waals surface area (Å²) < 4.78 is 0. The summed E-state index contributed by atoms with van der Waals surface area (Å²) in [5.41, 5.74) is 0. The molecule has 5 heteroatoms. The summed E-state index contributed by atoms with van der Waals surface area (Å²) in [6.45, 7) is 7.40. The third-order valence-corrected chi connectivity index (χ3v) is 1.41. The number of carbonyl (C=O) groups excluding carboxylic acids is 3. The highest BCUT2D eigenvalue weighted by atomic mass is 16.4. The van der Waals surface area contributed by atoms with E-state index in [1.165, 1.54) is 11.9 Å². The first kappa shape index (κ1) is 20.5. The van der Waals surface area contributed by atoms with Crippen LogP contribution in [0.1, 0.15) is 39.0 Å². The zero-order chi connectivity index (χ0) is 14.1. The number of carbonyl (C=O) groups is 2. The van der Waals surface area contributed by atoms with Gasteiger partial charge in [0.15, 0.2) is 0 Å². The van der Waals surface area contributed by atoms with Crippen LogP contribution in [-0.4, -0.2) is 28.7 Å². The molecular weight excluding hydrogens is 224 g/mol. The van der Waals surface area contributed by atoms with Gasteiger partial charge >= 0.3 is 5.97 Å². The molecule has 0 aliphatic carbocycles. The molecule has 0 atom stereocenters. The molecule has 0 aromatic rings. The van der Waals surface area contributed by atoms with E-state index in [4.69, 9.17) is 14.7 Å². The fraction of sp³-hybridized carbons (Fsp3) is 0.500. The van der Waals surface area contributed by atoms with E-state index in [1.54, 1.807) is 0 Å². The van der Waals surface area contributed by atoms with E-state index >= 15 is 0 Å². The molecule has 1 N–H and O–H groups in total. The fourth-order valence-electron chi connectivity index (χ4n) is 0.829. The summed E-state index contributed by atoms with van der Waals surface area (Å²) in [4.78, 5) is 37.9. The van der Waals surface area contributed by atoms with Gasteiger partial charge in [-0.2, -0.15) is 0 Å². The molecule has 0 aliphatic rings. The summed E-state index contributed by atoms with van der Waals surface area (Å²) in [7, 11) is 0. The minimum absolute atomic E-state index is 0.161. The smallest absolute Gasteiger partial charge is 0.310 e. The molecule has 5 nitrogen and oxygen atoms in total. The van der Waals surface area contributed by atoms with Crippen molar-refractivity contribution in [3.8, 4) is 0 Å². The monoisotopic (exact) mass is 242 g/mol. The van der Waals surface area contributed by atoms with E-state index in [2.05, 4.69) is 13.2 Å². The minimum Gasteiger partial charge on any atom is -0.481 e. The van der Waals surface area contributed by atoms with Crippen molar-refractivity contribution in [1.29, 1.82) is 0 Å². The van der Waals surface area contributed by atoms with Gasteiger partial charge in [0, 0.05) is 6.42 Å². The lowest BCUT2D eigenvalue weighted by Crippen LogP contribution is -2.05. The van der Waals surface area contributed by atoms with Crippen molar-refractivity contribution in [2.24, 2.45) is 0 Å². The van der Waals surface area contributed by atoms with Gasteiger partial charge in [-0.3, -0.25) is 9.59 Å². The van der Waals surface area contributed by atoms with Crippen molar-refractivity contribution in [2.75, 3.05) is 0 Å². The molecule has 0 aromatic heterocycles. The molecule has 0 heterocycles. The molecule has 0 aromatic carbocycles. The van der Waals surface area contributed by atoms with Crippen LogP contribution in [0.2, 0.25) is 0 Å². The highest BCUT2D eigenvalue weighted by Crippen LogP contribution is 2.01. The maximum atomic E-state index is 10.7. The Morgan fingerprint density at radius 2 is 1.53 bits per heavy atom. The Bertz CT molecular complexity index is 257. The second-order valence-corrected chi connectivity index (χ2v) is 2.85. The van der Waals surface area contributed by atoms with Crippen LogP contribution < -0.4 is 0 Å². The van der Waals surface area contributed by atoms with E-state index in [9.17, 15) is 9.59 Å². The number of carboxylic acid groups (broad SMARTS) is 1. The molecule has 17 heavy (non-hydrogen) atoms. The number of aliphatic carboxylic acids is 1. The first-order valence-electron chi connectivity index (χ1n) is 5.01. The number of carboxylic acids is 1. The lowest BCUT2D eigenvalue weighted by molar-refractivity contribution is -0.140. The standard InChI is InChI=1S/C8H14O3.2C2H2O/c1-2-3-4-5-7(9)6-8(10)11;2*1-2-3/h2-6H2,1H3,(H,10,11);2*1H2. The van der Waals surface area contributed by atoms with Gasteiger partial charge in [-0.05, 0) is 19.6 Å². The van der Waals surface area contributed by atoms with Gasteiger partial charge < -0.3 is 5.11 Å². The first-order chi connectivity index (χ1) is 7.99.